The summed E-state index contributed by atoms with van der Waals surface area (Å²) < 4.78 is 2.21. The molecule has 1 unspecified atom stereocenters. The van der Waals surface area contributed by atoms with Crippen LogP contribution in [0, 0.1) is 19.8 Å². The fourth-order valence-corrected chi connectivity index (χ4v) is 3.49. The fraction of sp³-hybridized carbons (Fsp3) is 0.450. The van der Waals surface area contributed by atoms with Gasteiger partial charge in [0.2, 0.25) is 0 Å². The quantitative estimate of drug-likeness (QED) is 0.829. The van der Waals surface area contributed by atoms with E-state index in [4.69, 9.17) is 0 Å². The molecule has 25 heavy (non-hydrogen) atoms. The van der Waals surface area contributed by atoms with Crippen LogP contribution in [-0.4, -0.2) is 30.1 Å². The fourth-order valence-electron chi connectivity index (χ4n) is 3.49. The van der Waals surface area contributed by atoms with Gasteiger partial charge in [0.1, 0.15) is 0 Å². The molecule has 1 aromatic carbocycles. The molecule has 4 nitrogen and oxygen atoms in total. The Morgan fingerprint density at radius 2 is 2.04 bits per heavy atom. The summed E-state index contributed by atoms with van der Waals surface area (Å²) in [6.45, 7) is 7.86. The number of benzene rings is 1. The van der Waals surface area contributed by atoms with Gasteiger partial charge in [-0.25, -0.2) is 0 Å². The lowest BCUT2D eigenvalue weighted by Gasteiger charge is -2.11. The molecule has 2 aromatic rings. The molecular formula is C20H28ClN3O. The number of carbonyl (C=O) groups excluding carboxylic acids is 1. The predicted octanol–water partition coefficient (Wildman–Crippen LogP) is 3.30. The molecule has 0 aliphatic carbocycles. The van der Waals surface area contributed by atoms with Crippen molar-refractivity contribution in [1.29, 1.82) is 0 Å². The number of nitrogens with one attached hydrogen (secondary N) is 2. The minimum Gasteiger partial charge on any atom is -0.352 e. The van der Waals surface area contributed by atoms with Crippen LogP contribution in [0.4, 0.5) is 0 Å². The van der Waals surface area contributed by atoms with Gasteiger partial charge < -0.3 is 15.2 Å². The van der Waals surface area contributed by atoms with Crippen molar-refractivity contribution in [2.45, 2.75) is 33.2 Å². The number of nitrogens with zero attached hydrogens (tertiary/aromatic N) is 1. The molecule has 1 aliphatic heterocycles. The van der Waals surface area contributed by atoms with E-state index in [1.54, 1.807) is 0 Å². The second-order valence-corrected chi connectivity index (χ2v) is 6.76. The Hall–Kier alpha value is -1.78. The van der Waals surface area contributed by atoms with Gasteiger partial charge in [0, 0.05) is 24.5 Å². The zero-order valence-corrected chi connectivity index (χ0v) is 15.9. The number of hydrogen-bond donors (Lipinski definition) is 2. The van der Waals surface area contributed by atoms with E-state index in [9.17, 15) is 4.79 Å². The van der Waals surface area contributed by atoms with Crippen molar-refractivity contribution in [2.75, 3.05) is 19.6 Å². The Balaban J connectivity index is 0.00000225. The number of hydrogen-bond acceptors (Lipinski definition) is 2. The lowest BCUT2D eigenvalue weighted by atomic mass is 10.1. The Kier molecular flexibility index (Phi) is 7.09. The Morgan fingerprint density at radius 3 is 2.72 bits per heavy atom. The van der Waals surface area contributed by atoms with Crippen LogP contribution in [0.5, 0.6) is 0 Å². The van der Waals surface area contributed by atoms with Gasteiger partial charge >= 0.3 is 0 Å². The molecule has 3 rings (SSSR count). The molecule has 1 amide bonds. The van der Waals surface area contributed by atoms with Crippen LogP contribution < -0.4 is 10.6 Å². The monoisotopic (exact) mass is 361 g/mol. The molecule has 136 valence electrons. The molecule has 1 fully saturated rings. The third-order valence-electron chi connectivity index (χ3n) is 5.00. The van der Waals surface area contributed by atoms with Gasteiger partial charge in [0.05, 0.1) is 5.56 Å². The maximum absolute atomic E-state index is 12.5. The summed E-state index contributed by atoms with van der Waals surface area (Å²) in [7, 11) is 0. The van der Waals surface area contributed by atoms with E-state index in [0.717, 1.165) is 49.6 Å². The van der Waals surface area contributed by atoms with Crippen LogP contribution in [-0.2, 0) is 6.54 Å². The topological polar surface area (TPSA) is 46.1 Å². The average molecular weight is 362 g/mol. The minimum atomic E-state index is 0. The minimum absolute atomic E-state index is 0. The molecule has 1 atom stereocenters. The number of amides is 1. The molecule has 0 saturated carbocycles. The van der Waals surface area contributed by atoms with E-state index in [1.165, 1.54) is 12.0 Å². The SMILES string of the molecule is Cc1cc(C(=O)NCCC2CCNC2)c(C)n1Cc1ccccc1.Cl. The second-order valence-electron chi connectivity index (χ2n) is 6.76. The highest BCUT2D eigenvalue weighted by Crippen LogP contribution is 2.17. The van der Waals surface area contributed by atoms with Crippen LogP contribution in [0.15, 0.2) is 36.4 Å². The van der Waals surface area contributed by atoms with Crippen molar-refractivity contribution in [2.24, 2.45) is 5.92 Å². The molecule has 1 saturated heterocycles. The van der Waals surface area contributed by atoms with Crippen molar-refractivity contribution in [3.63, 3.8) is 0 Å². The van der Waals surface area contributed by atoms with Crippen LogP contribution in [0.3, 0.4) is 0 Å². The maximum atomic E-state index is 12.5. The Labute approximate surface area is 156 Å². The number of rotatable bonds is 6. The van der Waals surface area contributed by atoms with Gasteiger partial charge in [0.25, 0.3) is 5.91 Å². The van der Waals surface area contributed by atoms with Crippen molar-refractivity contribution >= 4 is 18.3 Å². The highest BCUT2D eigenvalue weighted by molar-refractivity contribution is 5.95. The van der Waals surface area contributed by atoms with Crippen LogP contribution in [0.2, 0.25) is 0 Å². The molecular weight excluding hydrogens is 334 g/mol. The highest BCUT2D eigenvalue weighted by atomic mass is 35.5. The van der Waals surface area contributed by atoms with Crippen molar-refractivity contribution in [3.8, 4) is 0 Å². The van der Waals surface area contributed by atoms with Gasteiger partial charge in [-0.1, -0.05) is 30.3 Å². The largest absolute Gasteiger partial charge is 0.352 e. The number of carbonyl (C=O) groups is 1. The van der Waals surface area contributed by atoms with Crippen molar-refractivity contribution < 1.29 is 4.79 Å². The number of halogens is 1. The standard InChI is InChI=1S/C20H27N3O.ClH/c1-15-12-19(20(24)22-11-9-17-8-10-21-13-17)16(2)23(15)14-18-6-4-3-5-7-18;/h3-7,12,17,21H,8-11,13-14H2,1-2H3,(H,22,24);1H. The van der Waals surface area contributed by atoms with Crippen LogP contribution >= 0.6 is 12.4 Å². The summed E-state index contributed by atoms with van der Waals surface area (Å²) in [6.07, 6.45) is 2.28. The summed E-state index contributed by atoms with van der Waals surface area (Å²) in [5.41, 5.74) is 4.21. The van der Waals surface area contributed by atoms with E-state index >= 15 is 0 Å². The van der Waals surface area contributed by atoms with Gasteiger partial charge in [-0.15, -0.1) is 12.4 Å². The van der Waals surface area contributed by atoms with E-state index in [-0.39, 0.29) is 18.3 Å². The predicted molar refractivity (Wildman–Crippen MR) is 105 cm³/mol. The van der Waals surface area contributed by atoms with Crippen LogP contribution in [0.1, 0.15) is 40.2 Å². The van der Waals surface area contributed by atoms with Gasteiger partial charge in [-0.05, 0) is 57.3 Å². The van der Waals surface area contributed by atoms with Gasteiger partial charge in [-0.3, -0.25) is 4.79 Å². The zero-order valence-electron chi connectivity index (χ0n) is 15.0. The second kappa shape index (κ2) is 9.07. The zero-order chi connectivity index (χ0) is 16.9. The molecule has 1 aliphatic rings. The summed E-state index contributed by atoms with van der Waals surface area (Å²) in [4.78, 5) is 12.5. The molecule has 5 heteroatoms. The van der Waals surface area contributed by atoms with E-state index < -0.39 is 0 Å². The van der Waals surface area contributed by atoms with E-state index in [0.29, 0.717) is 5.92 Å². The first-order valence-electron chi connectivity index (χ1n) is 8.84. The van der Waals surface area contributed by atoms with Crippen molar-refractivity contribution in [1.82, 2.24) is 15.2 Å². The first-order valence-corrected chi connectivity index (χ1v) is 8.84. The van der Waals surface area contributed by atoms with Crippen LogP contribution in [0.25, 0.3) is 0 Å². The first kappa shape index (κ1) is 19.5. The van der Waals surface area contributed by atoms with Crippen molar-refractivity contribution in [3.05, 3.63) is 58.9 Å². The summed E-state index contributed by atoms with van der Waals surface area (Å²) in [6, 6.07) is 12.4. The summed E-state index contributed by atoms with van der Waals surface area (Å²) >= 11 is 0. The normalized spacial score (nSPS) is 16.5. The Morgan fingerprint density at radius 1 is 1.28 bits per heavy atom. The van der Waals surface area contributed by atoms with E-state index in [1.807, 2.05) is 19.1 Å². The molecule has 2 N–H and O–H groups in total. The lowest BCUT2D eigenvalue weighted by molar-refractivity contribution is 0.0951. The summed E-state index contributed by atoms with van der Waals surface area (Å²) in [5, 5.41) is 6.46. The average Bonchev–Trinajstić information content (AvgIpc) is 3.19. The first-order chi connectivity index (χ1) is 11.6. The molecule has 0 spiro atoms. The molecule has 2 heterocycles. The molecule has 0 bridgehead atoms. The highest BCUT2D eigenvalue weighted by Gasteiger charge is 2.17. The smallest absolute Gasteiger partial charge is 0.253 e. The summed E-state index contributed by atoms with van der Waals surface area (Å²) in [5.74, 6) is 0.754. The lowest BCUT2D eigenvalue weighted by Crippen LogP contribution is -2.26. The number of aromatic nitrogens is 1. The number of aryl methyl sites for hydroxylation is 1. The maximum Gasteiger partial charge on any atom is 0.253 e. The van der Waals surface area contributed by atoms with Gasteiger partial charge in [-0.2, -0.15) is 0 Å². The third-order valence-corrected chi connectivity index (χ3v) is 5.00. The van der Waals surface area contributed by atoms with Gasteiger partial charge in [0.15, 0.2) is 0 Å². The molecule has 1 aromatic heterocycles. The third kappa shape index (κ3) is 4.86. The Bertz CT molecular complexity index is 690. The molecule has 0 radical (unpaired) electrons. The van der Waals surface area contributed by atoms with E-state index in [2.05, 4.69) is 46.4 Å².